The van der Waals surface area contributed by atoms with Crippen LogP contribution in [0.1, 0.15) is 0 Å². The van der Waals surface area contributed by atoms with E-state index >= 15 is 0 Å². The van der Waals surface area contributed by atoms with Gasteiger partial charge in [0, 0.05) is 18.1 Å². The van der Waals surface area contributed by atoms with E-state index in [9.17, 15) is 18.0 Å². The van der Waals surface area contributed by atoms with Gasteiger partial charge in [0.1, 0.15) is 6.04 Å². The normalized spacial score (nSPS) is 21.2. The van der Waals surface area contributed by atoms with Gasteiger partial charge in [0.2, 0.25) is 15.6 Å². The van der Waals surface area contributed by atoms with Gasteiger partial charge < -0.3 is 9.72 Å². The summed E-state index contributed by atoms with van der Waals surface area (Å²) < 4.78 is 30.4. The van der Waals surface area contributed by atoms with E-state index in [0.717, 1.165) is 4.31 Å². The van der Waals surface area contributed by atoms with Crippen LogP contribution in [-0.2, 0) is 19.6 Å². The zero-order chi connectivity index (χ0) is 15.2. The highest BCUT2D eigenvalue weighted by Crippen LogP contribution is 2.30. The molecule has 8 heteroatoms. The fraction of sp³-hybridized carbons (Fsp3) is 0.231. The van der Waals surface area contributed by atoms with Crippen LogP contribution in [-0.4, -0.2) is 43.4 Å². The van der Waals surface area contributed by atoms with Gasteiger partial charge in [-0.2, -0.15) is 4.31 Å². The molecule has 0 bridgehead atoms. The lowest BCUT2D eigenvalue weighted by Crippen LogP contribution is -2.20. The number of carbonyl (C=O) groups excluding carboxylic acids is 1. The molecule has 7 nitrogen and oxygen atoms in total. The molecule has 1 saturated heterocycles. The molecule has 2 unspecified atom stereocenters. The van der Waals surface area contributed by atoms with Crippen molar-refractivity contribution in [1.82, 2.24) is 9.29 Å². The third kappa shape index (κ3) is 2.32. The van der Waals surface area contributed by atoms with Gasteiger partial charge in [-0.15, -0.1) is 0 Å². The molecule has 21 heavy (non-hydrogen) atoms. The molecular weight excluding hydrogens is 296 g/mol. The zero-order valence-corrected chi connectivity index (χ0v) is 11.9. The van der Waals surface area contributed by atoms with E-state index in [0.29, 0.717) is 10.9 Å². The summed E-state index contributed by atoms with van der Waals surface area (Å²) >= 11 is 0. The number of carbonyl (C=O) groups is 1. The van der Waals surface area contributed by atoms with Crippen molar-refractivity contribution in [3.8, 4) is 0 Å². The molecule has 0 spiro atoms. The fourth-order valence-corrected chi connectivity index (χ4v) is 3.69. The first-order valence-electron chi connectivity index (χ1n) is 6.16. The van der Waals surface area contributed by atoms with Crippen LogP contribution in [0.5, 0.6) is 0 Å². The molecule has 2 aromatic rings. The Morgan fingerprint density at radius 3 is 2.81 bits per heavy atom. The van der Waals surface area contributed by atoms with Crippen LogP contribution in [0.4, 0.5) is 0 Å². The number of methoxy groups -OCH3 is 1. The van der Waals surface area contributed by atoms with Gasteiger partial charge >= 0.3 is 5.97 Å². The number of nitrogens with zero attached hydrogens (tertiary/aromatic N) is 1. The number of hydrogen-bond donors (Lipinski definition) is 1. The first-order valence-corrected chi connectivity index (χ1v) is 7.60. The standard InChI is InChI=1S/C13H12N2O5S/c1-20-13(17)11-7-15(11)21(18,19)9-3-4-10-8(6-9)2-5-12(16)14-10/h2-6,11H,7H2,1H3,(H,14,16). The van der Waals surface area contributed by atoms with Crippen LogP contribution in [0.2, 0.25) is 0 Å². The maximum atomic E-state index is 12.4. The minimum atomic E-state index is -3.73. The SMILES string of the molecule is COC(=O)C1CN1S(=O)(=O)c1ccc2[nH]c(=O)ccc2c1. The van der Waals surface area contributed by atoms with Gasteiger partial charge in [-0.1, -0.05) is 0 Å². The first kappa shape index (κ1) is 13.8. The Kier molecular flexibility index (Phi) is 3.07. The number of esters is 1. The molecule has 0 amide bonds. The van der Waals surface area contributed by atoms with Gasteiger partial charge in [-0.25, -0.2) is 8.42 Å². The summed E-state index contributed by atoms with van der Waals surface area (Å²) in [5.74, 6) is -0.566. The van der Waals surface area contributed by atoms with Crippen LogP contribution in [0, 0.1) is 0 Å². The summed E-state index contributed by atoms with van der Waals surface area (Å²) in [6, 6.07) is 6.53. The molecule has 1 aromatic heterocycles. The number of benzene rings is 1. The third-order valence-corrected chi connectivity index (χ3v) is 5.21. The molecule has 1 fully saturated rings. The van der Waals surface area contributed by atoms with Crippen molar-refractivity contribution in [3.63, 3.8) is 0 Å². The smallest absolute Gasteiger partial charge is 0.325 e. The van der Waals surface area contributed by atoms with Crippen LogP contribution >= 0.6 is 0 Å². The highest BCUT2D eigenvalue weighted by molar-refractivity contribution is 7.89. The number of nitrogens with one attached hydrogen (secondary N) is 1. The number of pyridine rings is 1. The predicted molar refractivity (Wildman–Crippen MR) is 74.3 cm³/mol. The number of aromatic amines is 1. The van der Waals surface area contributed by atoms with Crippen molar-refractivity contribution < 1.29 is 17.9 Å². The Bertz CT molecular complexity index is 887. The number of fused-ring (bicyclic) bond motifs is 1. The Balaban J connectivity index is 1.99. The van der Waals surface area contributed by atoms with Gasteiger partial charge in [0.25, 0.3) is 0 Å². The summed E-state index contributed by atoms with van der Waals surface area (Å²) in [6.45, 7) is 0.124. The molecular formula is C13H12N2O5S. The molecule has 0 radical (unpaired) electrons. The van der Waals surface area contributed by atoms with E-state index < -0.39 is 22.0 Å². The average Bonchev–Trinajstić information content (AvgIpc) is 3.27. The predicted octanol–water partition coefficient (Wildman–Crippen LogP) is 0.0740. The van der Waals surface area contributed by atoms with Crippen molar-refractivity contribution in [2.24, 2.45) is 0 Å². The summed E-state index contributed by atoms with van der Waals surface area (Å²) in [7, 11) is -2.51. The lowest BCUT2D eigenvalue weighted by molar-refractivity contribution is -0.140. The van der Waals surface area contributed by atoms with E-state index in [1.165, 1.54) is 31.4 Å². The Labute approximate surface area is 120 Å². The van der Waals surface area contributed by atoms with Crippen LogP contribution in [0.25, 0.3) is 10.9 Å². The van der Waals surface area contributed by atoms with Crippen molar-refractivity contribution in [2.75, 3.05) is 13.7 Å². The average molecular weight is 308 g/mol. The highest BCUT2D eigenvalue weighted by atomic mass is 32.2. The Morgan fingerprint density at radius 2 is 2.10 bits per heavy atom. The van der Waals surface area contributed by atoms with Gasteiger partial charge in [0.15, 0.2) is 0 Å². The Morgan fingerprint density at radius 1 is 1.33 bits per heavy atom. The van der Waals surface area contributed by atoms with E-state index in [-0.39, 0.29) is 17.0 Å². The molecule has 1 aromatic carbocycles. The molecule has 1 aliphatic rings. The molecule has 1 aliphatic heterocycles. The quantitative estimate of drug-likeness (QED) is 0.639. The maximum Gasteiger partial charge on any atom is 0.325 e. The summed E-state index contributed by atoms with van der Waals surface area (Å²) in [4.78, 5) is 25.2. The third-order valence-electron chi connectivity index (χ3n) is 3.34. The van der Waals surface area contributed by atoms with E-state index in [2.05, 4.69) is 9.72 Å². The van der Waals surface area contributed by atoms with Crippen molar-refractivity contribution in [1.29, 1.82) is 0 Å². The largest absolute Gasteiger partial charge is 0.468 e. The topological polar surface area (TPSA) is 96.3 Å². The van der Waals surface area contributed by atoms with E-state index in [4.69, 9.17) is 0 Å². The Hall–Kier alpha value is -2.19. The van der Waals surface area contributed by atoms with Crippen molar-refractivity contribution in [2.45, 2.75) is 10.9 Å². The highest BCUT2D eigenvalue weighted by Gasteiger charge is 2.50. The van der Waals surface area contributed by atoms with Crippen LogP contribution in [0.3, 0.4) is 0 Å². The van der Waals surface area contributed by atoms with Crippen molar-refractivity contribution >= 4 is 26.9 Å². The van der Waals surface area contributed by atoms with E-state index in [1.807, 2.05) is 0 Å². The zero-order valence-electron chi connectivity index (χ0n) is 11.1. The monoisotopic (exact) mass is 308 g/mol. The van der Waals surface area contributed by atoms with Gasteiger partial charge in [0.05, 0.1) is 12.0 Å². The number of rotatable bonds is 3. The maximum absolute atomic E-state index is 12.4. The lowest BCUT2D eigenvalue weighted by atomic mass is 10.2. The van der Waals surface area contributed by atoms with Gasteiger partial charge in [-0.05, 0) is 29.7 Å². The number of hydrogen-bond acceptors (Lipinski definition) is 5. The van der Waals surface area contributed by atoms with Crippen LogP contribution in [0.15, 0.2) is 40.0 Å². The molecule has 0 aliphatic carbocycles. The second-order valence-corrected chi connectivity index (χ2v) is 6.58. The summed E-state index contributed by atoms with van der Waals surface area (Å²) in [5, 5.41) is 0.604. The lowest BCUT2D eigenvalue weighted by Gasteiger charge is -2.07. The number of aromatic nitrogens is 1. The molecule has 110 valence electrons. The molecule has 3 rings (SSSR count). The molecule has 2 atom stereocenters. The number of H-pyrrole nitrogens is 1. The molecule has 2 heterocycles. The second kappa shape index (κ2) is 4.68. The number of ether oxygens (including phenoxy) is 1. The minimum Gasteiger partial charge on any atom is -0.468 e. The molecule has 0 saturated carbocycles. The second-order valence-electron chi connectivity index (χ2n) is 4.69. The fourth-order valence-electron chi connectivity index (χ4n) is 2.15. The van der Waals surface area contributed by atoms with E-state index in [1.54, 1.807) is 6.07 Å². The van der Waals surface area contributed by atoms with Crippen LogP contribution < -0.4 is 5.56 Å². The number of sulfonamides is 1. The summed E-state index contributed by atoms with van der Waals surface area (Å²) in [5.41, 5.74) is 0.298. The van der Waals surface area contributed by atoms with Gasteiger partial charge in [-0.3, -0.25) is 9.59 Å². The minimum absolute atomic E-state index is 0.0773. The first-order chi connectivity index (χ1) is 9.93. The molecule has 1 N–H and O–H groups in total. The van der Waals surface area contributed by atoms with Crippen molar-refractivity contribution in [3.05, 3.63) is 40.7 Å². The summed E-state index contributed by atoms with van der Waals surface area (Å²) in [6.07, 6.45) is 0.